The van der Waals surface area contributed by atoms with Crippen LogP contribution in [0.3, 0.4) is 0 Å². The monoisotopic (exact) mass is 284 g/mol. The Balaban J connectivity index is 1.95. The van der Waals surface area contributed by atoms with Crippen LogP contribution in [-0.2, 0) is 0 Å². The van der Waals surface area contributed by atoms with Crippen LogP contribution >= 0.6 is 11.3 Å². The first-order chi connectivity index (χ1) is 9.63. The normalized spacial score (nSPS) is 10.7. The number of pyridine rings is 1. The van der Waals surface area contributed by atoms with Crippen molar-refractivity contribution in [3.05, 3.63) is 47.1 Å². The van der Waals surface area contributed by atoms with E-state index in [9.17, 15) is 4.79 Å². The number of nitrogens with two attached hydrogens (primary N) is 1. The van der Waals surface area contributed by atoms with Crippen molar-refractivity contribution in [1.29, 1.82) is 0 Å². The summed E-state index contributed by atoms with van der Waals surface area (Å²) in [5.74, 6) is 0.0420. The second-order valence-corrected chi connectivity index (χ2v) is 5.58. The summed E-state index contributed by atoms with van der Waals surface area (Å²) < 4.78 is 0. The van der Waals surface area contributed by atoms with Gasteiger partial charge in [-0.2, -0.15) is 0 Å². The topological polar surface area (TPSA) is 80.9 Å². The van der Waals surface area contributed by atoms with Crippen LogP contribution < -0.4 is 11.1 Å². The van der Waals surface area contributed by atoms with Crippen molar-refractivity contribution < 1.29 is 4.79 Å². The number of nitrogens with one attached hydrogen (secondary N) is 1. The third-order valence-electron chi connectivity index (χ3n) is 2.84. The molecule has 0 aliphatic heterocycles. The van der Waals surface area contributed by atoms with E-state index in [-0.39, 0.29) is 11.6 Å². The minimum absolute atomic E-state index is 0.286. The highest BCUT2D eigenvalue weighted by Gasteiger charge is 2.12. The summed E-state index contributed by atoms with van der Waals surface area (Å²) in [6.07, 6.45) is 1.71. The van der Waals surface area contributed by atoms with Gasteiger partial charge in [0.25, 0.3) is 5.91 Å². The van der Waals surface area contributed by atoms with E-state index in [4.69, 9.17) is 5.73 Å². The fourth-order valence-corrected chi connectivity index (χ4v) is 2.58. The van der Waals surface area contributed by atoms with Crippen LogP contribution in [0.1, 0.15) is 15.4 Å². The number of carbonyl (C=O) groups is 1. The SMILES string of the molecule is Cc1cnc(NC(=O)c2cc3ccccc3c(N)n2)s1. The molecule has 3 N–H and O–H groups in total. The summed E-state index contributed by atoms with van der Waals surface area (Å²) in [6.45, 7) is 1.93. The molecule has 2 heterocycles. The fraction of sp³-hybridized carbons (Fsp3) is 0.0714. The van der Waals surface area contributed by atoms with Crippen LogP contribution in [0.4, 0.5) is 10.9 Å². The van der Waals surface area contributed by atoms with E-state index in [0.29, 0.717) is 10.9 Å². The first-order valence-electron chi connectivity index (χ1n) is 6.02. The minimum Gasteiger partial charge on any atom is -0.383 e. The zero-order valence-corrected chi connectivity index (χ0v) is 11.6. The van der Waals surface area contributed by atoms with Crippen LogP contribution in [0.15, 0.2) is 36.5 Å². The first-order valence-corrected chi connectivity index (χ1v) is 6.84. The van der Waals surface area contributed by atoms with Gasteiger partial charge in [-0.15, -0.1) is 11.3 Å². The number of rotatable bonds is 2. The Bertz CT molecular complexity index is 797. The van der Waals surface area contributed by atoms with E-state index in [1.54, 1.807) is 12.3 Å². The predicted molar refractivity (Wildman–Crippen MR) is 81.0 cm³/mol. The second-order valence-electron chi connectivity index (χ2n) is 4.34. The van der Waals surface area contributed by atoms with Crippen LogP contribution in [0.5, 0.6) is 0 Å². The Morgan fingerprint density at radius 3 is 2.90 bits per heavy atom. The molecule has 3 aromatic rings. The highest BCUT2D eigenvalue weighted by atomic mass is 32.1. The molecule has 0 bridgehead atoms. The van der Waals surface area contributed by atoms with Gasteiger partial charge in [0, 0.05) is 16.5 Å². The molecule has 0 aliphatic rings. The van der Waals surface area contributed by atoms with Crippen LogP contribution in [0.25, 0.3) is 10.8 Å². The molecule has 0 unspecified atom stereocenters. The number of aromatic nitrogens is 2. The Labute approximate surface area is 119 Å². The highest BCUT2D eigenvalue weighted by Crippen LogP contribution is 2.21. The number of benzene rings is 1. The number of anilines is 2. The fourth-order valence-electron chi connectivity index (χ4n) is 1.92. The Morgan fingerprint density at radius 2 is 2.15 bits per heavy atom. The number of hydrogen-bond donors (Lipinski definition) is 2. The third kappa shape index (κ3) is 2.33. The maximum Gasteiger partial charge on any atom is 0.276 e. The molecule has 100 valence electrons. The molecular formula is C14H12N4OS. The van der Waals surface area contributed by atoms with Gasteiger partial charge in [-0.05, 0) is 18.4 Å². The number of aryl methyl sites for hydroxylation is 1. The lowest BCUT2D eigenvalue weighted by Crippen LogP contribution is -2.14. The molecule has 1 aromatic carbocycles. The van der Waals surface area contributed by atoms with Gasteiger partial charge in [-0.1, -0.05) is 24.3 Å². The highest BCUT2D eigenvalue weighted by molar-refractivity contribution is 7.15. The van der Waals surface area contributed by atoms with Crippen molar-refractivity contribution in [3.8, 4) is 0 Å². The van der Waals surface area contributed by atoms with Crippen molar-refractivity contribution >= 4 is 39.0 Å². The van der Waals surface area contributed by atoms with Crippen molar-refractivity contribution in [2.45, 2.75) is 6.92 Å². The first kappa shape index (κ1) is 12.6. The van der Waals surface area contributed by atoms with E-state index in [1.807, 2.05) is 31.2 Å². The lowest BCUT2D eigenvalue weighted by Gasteiger charge is -2.05. The molecule has 0 aliphatic carbocycles. The lowest BCUT2D eigenvalue weighted by atomic mass is 10.1. The second kappa shape index (κ2) is 4.90. The molecule has 0 fully saturated rings. The van der Waals surface area contributed by atoms with Gasteiger partial charge in [0.05, 0.1) is 0 Å². The molecule has 0 radical (unpaired) electrons. The smallest absolute Gasteiger partial charge is 0.276 e. The van der Waals surface area contributed by atoms with Crippen LogP contribution in [0.2, 0.25) is 0 Å². The summed E-state index contributed by atoms with van der Waals surface area (Å²) in [4.78, 5) is 21.4. The van der Waals surface area contributed by atoms with Gasteiger partial charge in [0.1, 0.15) is 11.5 Å². The molecule has 2 aromatic heterocycles. The molecule has 0 atom stereocenters. The maximum absolute atomic E-state index is 12.2. The molecule has 0 spiro atoms. The number of hydrogen-bond acceptors (Lipinski definition) is 5. The van der Waals surface area contributed by atoms with Gasteiger partial charge in [-0.25, -0.2) is 9.97 Å². The summed E-state index contributed by atoms with van der Waals surface area (Å²) in [6, 6.07) is 9.29. The molecule has 5 nitrogen and oxygen atoms in total. The van der Waals surface area contributed by atoms with Crippen molar-refractivity contribution in [2.24, 2.45) is 0 Å². The van der Waals surface area contributed by atoms with E-state index < -0.39 is 0 Å². The summed E-state index contributed by atoms with van der Waals surface area (Å²) in [7, 11) is 0. The summed E-state index contributed by atoms with van der Waals surface area (Å²) in [5.41, 5.74) is 6.17. The van der Waals surface area contributed by atoms with Crippen molar-refractivity contribution in [3.63, 3.8) is 0 Å². The van der Waals surface area contributed by atoms with Gasteiger partial charge in [0.15, 0.2) is 5.13 Å². The minimum atomic E-state index is -0.309. The van der Waals surface area contributed by atoms with E-state index in [2.05, 4.69) is 15.3 Å². The molecular weight excluding hydrogens is 272 g/mol. The molecule has 0 saturated heterocycles. The molecule has 1 amide bonds. The summed E-state index contributed by atoms with van der Waals surface area (Å²) >= 11 is 1.42. The van der Waals surface area contributed by atoms with Crippen LogP contribution in [0, 0.1) is 6.92 Å². The van der Waals surface area contributed by atoms with Crippen molar-refractivity contribution in [2.75, 3.05) is 11.1 Å². The zero-order chi connectivity index (χ0) is 14.1. The van der Waals surface area contributed by atoms with E-state index in [0.717, 1.165) is 15.6 Å². The average molecular weight is 284 g/mol. The lowest BCUT2D eigenvalue weighted by molar-refractivity contribution is 0.102. The Hall–Kier alpha value is -2.47. The van der Waals surface area contributed by atoms with Gasteiger partial charge >= 0.3 is 0 Å². The van der Waals surface area contributed by atoms with Gasteiger partial charge in [0.2, 0.25) is 0 Å². The Morgan fingerprint density at radius 1 is 1.35 bits per heavy atom. The summed E-state index contributed by atoms with van der Waals surface area (Å²) in [5, 5.41) is 5.01. The van der Waals surface area contributed by atoms with Crippen molar-refractivity contribution in [1.82, 2.24) is 9.97 Å². The number of carbonyl (C=O) groups excluding carboxylic acids is 1. The number of fused-ring (bicyclic) bond motifs is 1. The van der Waals surface area contributed by atoms with Gasteiger partial charge < -0.3 is 5.73 Å². The molecule has 3 rings (SSSR count). The zero-order valence-electron chi connectivity index (χ0n) is 10.8. The molecule has 0 saturated carbocycles. The van der Waals surface area contributed by atoms with E-state index in [1.165, 1.54) is 11.3 Å². The third-order valence-corrected chi connectivity index (χ3v) is 3.67. The van der Waals surface area contributed by atoms with Crippen LogP contribution in [-0.4, -0.2) is 15.9 Å². The molecule has 20 heavy (non-hydrogen) atoms. The standard InChI is InChI=1S/C14H12N4OS/c1-8-7-16-14(20-8)18-13(19)11-6-9-4-2-3-5-10(9)12(15)17-11/h2-7H,1H3,(H2,15,17)(H,16,18,19). The Kier molecular flexibility index (Phi) is 3.08. The quantitative estimate of drug-likeness (QED) is 0.758. The predicted octanol–water partition coefficient (Wildman–Crippen LogP) is 2.83. The largest absolute Gasteiger partial charge is 0.383 e. The number of thiazole rings is 1. The maximum atomic E-state index is 12.2. The number of nitrogen functional groups attached to an aromatic ring is 1. The number of nitrogens with zero attached hydrogens (tertiary/aromatic N) is 2. The van der Waals surface area contributed by atoms with Gasteiger partial charge in [-0.3, -0.25) is 10.1 Å². The average Bonchev–Trinajstić information content (AvgIpc) is 2.84. The van der Waals surface area contributed by atoms with E-state index >= 15 is 0 Å². The molecule has 6 heteroatoms. The number of amides is 1.